The molecule has 2 aromatic heterocycles. The first-order valence-electron chi connectivity index (χ1n) is 6.16. The number of hydrogen-bond acceptors (Lipinski definition) is 3. The summed E-state index contributed by atoms with van der Waals surface area (Å²) in [5.41, 5.74) is 0.914. The lowest BCUT2D eigenvalue weighted by molar-refractivity contribution is 0.0704. The van der Waals surface area contributed by atoms with Crippen LogP contribution in [0.4, 0.5) is 0 Å². The lowest BCUT2D eigenvalue weighted by Crippen LogP contribution is -2.30. The van der Waals surface area contributed by atoms with E-state index >= 15 is 0 Å². The second-order valence-corrected chi connectivity index (χ2v) is 5.58. The summed E-state index contributed by atoms with van der Waals surface area (Å²) in [6.45, 7) is 2.73. The topological polar surface area (TPSA) is 33.5 Å². The van der Waals surface area contributed by atoms with Crippen molar-refractivity contribution in [1.82, 2.24) is 4.90 Å². The molecule has 18 heavy (non-hydrogen) atoms. The van der Waals surface area contributed by atoms with Crippen LogP contribution >= 0.6 is 11.3 Å². The van der Waals surface area contributed by atoms with Crippen molar-refractivity contribution in [2.75, 3.05) is 6.54 Å². The van der Waals surface area contributed by atoms with Gasteiger partial charge in [-0.05, 0) is 37.3 Å². The van der Waals surface area contributed by atoms with E-state index < -0.39 is 0 Å². The van der Waals surface area contributed by atoms with Gasteiger partial charge in [0.15, 0.2) is 5.76 Å². The van der Waals surface area contributed by atoms with E-state index in [0.29, 0.717) is 5.76 Å². The predicted molar refractivity (Wildman–Crippen MR) is 70.8 cm³/mol. The first-order valence-corrected chi connectivity index (χ1v) is 7.04. The number of carbonyl (C=O) groups excluding carboxylic acids is 1. The van der Waals surface area contributed by atoms with Gasteiger partial charge in [0.2, 0.25) is 0 Å². The Labute approximate surface area is 110 Å². The van der Waals surface area contributed by atoms with Gasteiger partial charge in [-0.25, -0.2) is 0 Å². The summed E-state index contributed by atoms with van der Waals surface area (Å²) in [7, 11) is 0. The Bertz CT molecular complexity index is 544. The largest absolute Gasteiger partial charge is 0.459 e. The quantitative estimate of drug-likeness (QED) is 0.827. The molecule has 1 atom stereocenters. The maximum Gasteiger partial charge on any atom is 0.290 e. The molecule has 1 fully saturated rings. The van der Waals surface area contributed by atoms with E-state index in [9.17, 15) is 4.79 Å². The number of carbonyl (C=O) groups is 1. The van der Waals surface area contributed by atoms with Crippen LogP contribution in [0.3, 0.4) is 0 Å². The molecule has 0 aromatic carbocycles. The molecule has 2 aromatic rings. The van der Waals surface area contributed by atoms with E-state index in [1.54, 1.807) is 17.6 Å². The number of aryl methyl sites for hydroxylation is 1. The minimum atomic E-state index is 0.0217. The summed E-state index contributed by atoms with van der Waals surface area (Å²) in [5, 5.41) is 2.06. The van der Waals surface area contributed by atoms with Crippen molar-refractivity contribution in [3.05, 3.63) is 46.0 Å². The Hall–Kier alpha value is -1.55. The van der Waals surface area contributed by atoms with Gasteiger partial charge in [-0.3, -0.25) is 4.79 Å². The van der Waals surface area contributed by atoms with Crippen LogP contribution in [0, 0.1) is 6.92 Å². The highest BCUT2D eigenvalue weighted by atomic mass is 32.1. The van der Waals surface area contributed by atoms with Crippen molar-refractivity contribution in [3.8, 4) is 0 Å². The molecule has 0 N–H and O–H groups in total. The summed E-state index contributed by atoms with van der Waals surface area (Å²) < 4.78 is 5.32. The molecule has 0 saturated carbocycles. The molecule has 0 spiro atoms. The maximum atomic E-state index is 12.5. The van der Waals surface area contributed by atoms with E-state index in [1.807, 2.05) is 24.0 Å². The monoisotopic (exact) mass is 261 g/mol. The van der Waals surface area contributed by atoms with Gasteiger partial charge in [0.25, 0.3) is 5.91 Å². The fraction of sp³-hybridized carbons (Fsp3) is 0.357. The van der Waals surface area contributed by atoms with Crippen LogP contribution in [-0.4, -0.2) is 17.4 Å². The second kappa shape index (κ2) is 4.61. The Morgan fingerprint density at radius 3 is 3.06 bits per heavy atom. The highest BCUT2D eigenvalue weighted by Gasteiger charge is 2.32. The van der Waals surface area contributed by atoms with Crippen LogP contribution in [0.2, 0.25) is 0 Å². The fourth-order valence-electron chi connectivity index (χ4n) is 2.51. The zero-order valence-electron chi connectivity index (χ0n) is 10.3. The zero-order valence-corrected chi connectivity index (χ0v) is 11.1. The molecular formula is C14H15NO2S. The summed E-state index contributed by atoms with van der Waals surface area (Å²) in [5.74, 6) is 0.506. The Morgan fingerprint density at radius 2 is 2.39 bits per heavy atom. The average molecular weight is 261 g/mol. The summed E-state index contributed by atoms with van der Waals surface area (Å²) in [4.78, 5) is 15.7. The third-order valence-electron chi connectivity index (χ3n) is 3.44. The van der Waals surface area contributed by atoms with Crippen LogP contribution in [0.15, 0.2) is 34.3 Å². The number of amides is 1. The standard InChI is InChI=1S/C14H15NO2S/c1-10-6-8-17-13(10)14(16)15-7-2-4-11(15)12-5-3-9-18-12/h3,5-6,8-9,11H,2,4,7H2,1H3/t11-/m1/s1. The summed E-state index contributed by atoms with van der Waals surface area (Å²) in [6, 6.07) is 6.21. The van der Waals surface area contributed by atoms with Crippen LogP contribution in [0.1, 0.15) is 39.9 Å². The van der Waals surface area contributed by atoms with Gasteiger partial charge in [0, 0.05) is 17.0 Å². The van der Waals surface area contributed by atoms with E-state index in [1.165, 1.54) is 4.88 Å². The summed E-state index contributed by atoms with van der Waals surface area (Å²) in [6.07, 6.45) is 3.69. The smallest absolute Gasteiger partial charge is 0.290 e. The molecule has 0 radical (unpaired) electrons. The van der Waals surface area contributed by atoms with Gasteiger partial charge in [0.1, 0.15) is 0 Å². The molecule has 3 nitrogen and oxygen atoms in total. The molecule has 1 amide bonds. The molecule has 0 unspecified atom stereocenters. The van der Waals surface area contributed by atoms with E-state index in [0.717, 1.165) is 24.9 Å². The van der Waals surface area contributed by atoms with Gasteiger partial charge in [-0.15, -0.1) is 11.3 Å². The minimum Gasteiger partial charge on any atom is -0.459 e. The number of nitrogens with zero attached hydrogens (tertiary/aromatic N) is 1. The van der Waals surface area contributed by atoms with Crippen molar-refractivity contribution in [2.45, 2.75) is 25.8 Å². The zero-order chi connectivity index (χ0) is 12.5. The molecule has 1 saturated heterocycles. The molecule has 0 bridgehead atoms. The Morgan fingerprint density at radius 1 is 1.50 bits per heavy atom. The third-order valence-corrected chi connectivity index (χ3v) is 4.42. The lowest BCUT2D eigenvalue weighted by atomic mass is 10.1. The molecule has 1 aliphatic rings. The molecule has 3 heterocycles. The van der Waals surface area contributed by atoms with Crippen molar-refractivity contribution in [1.29, 1.82) is 0 Å². The van der Waals surface area contributed by atoms with Gasteiger partial charge < -0.3 is 9.32 Å². The van der Waals surface area contributed by atoms with Gasteiger partial charge in [0.05, 0.1) is 12.3 Å². The highest BCUT2D eigenvalue weighted by Crippen LogP contribution is 2.35. The number of furan rings is 1. The number of rotatable bonds is 2. The van der Waals surface area contributed by atoms with Crippen molar-refractivity contribution in [3.63, 3.8) is 0 Å². The highest BCUT2D eigenvalue weighted by molar-refractivity contribution is 7.10. The second-order valence-electron chi connectivity index (χ2n) is 4.60. The first kappa shape index (κ1) is 11.5. The van der Waals surface area contributed by atoms with Crippen molar-refractivity contribution < 1.29 is 9.21 Å². The Kier molecular flexibility index (Phi) is 2.96. The van der Waals surface area contributed by atoms with E-state index in [4.69, 9.17) is 4.42 Å². The van der Waals surface area contributed by atoms with Crippen LogP contribution < -0.4 is 0 Å². The minimum absolute atomic E-state index is 0.0217. The Balaban J connectivity index is 1.88. The maximum absolute atomic E-state index is 12.5. The van der Waals surface area contributed by atoms with Gasteiger partial charge in [-0.2, -0.15) is 0 Å². The van der Waals surface area contributed by atoms with Gasteiger partial charge >= 0.3 is 0 Å². The molecule has 0 aliphatic carbocycles. The molecule has 1 aliphatic heterocycles. The number of hydrogen-bond donors (Lipinski definition) is 0. The summed E-state index contributed by atoms with van der Waals surface area (Å²) >= 11 is 1.72. The lowest BCUT2D eigenvalue weighted by Gasteiger charge is -2.23. The van der Waals surface area contributed by atoms with E-state index in [-0.39, 0.29) is 11.9 Å². The molecule has 94 valence electrons. The molecule has 3 rings (SSSR count). The number of likely N-dealkylation sites (tertiary alicyclic amines) is 1. The normalized spacial score (nSPS) is 19.4. The third kappa shape index (κ3) is 1.86. The molecular weight excluding hydrogens is 246 g/mol. The molecule has 4 heteroatoms. The number of thiophene rings is 1. The van der Waals surface area contributed by atoms with Crippen LogP contribution in [0.5, 0.6) is 0 Å². The van der Waals surface area contributed by atoms with Crippen molar-refractivity contribution >= 4 is 17.2 Å². The first-order chi connectivity index (χ1) is 8.77. The van der Waals surface area contributed by atoms with E-state index in [2.05, 4.69) is 11.4 Å². The SMILES string of the molecule is Cc1ccoc1C(=O)N1CCC[C@@H]1c1cccs1. The van der Waals surface area contributed by atoms with Crippen molar-refractivity contribution in [2.24, 2.45) is 0 Å². The predicted octanol–water partition coefficient (Wildman–Crippen LogP) is 3.63. The van der Waals surface area contributed by atoms with Gasteiger partial charge in [-0.1, -0.05) is 6.07 Å². The average Bonchev–Trinajstić information content (AvgIpc) is 3.09. The fourth-order valence-corrected chi connectivity index (χ4v) is 3.38. The van der Waals surface area contributed by atoms with Crippen LogP contribution in [-0.2, 0) is 0 Å². The van der Waals surface area contributed by atoms with Crippen LogP contribution in [0.25, 0.3) is 0 Å².